The fraction of sp³-hybridized carbons (Fsp3) is 0.750. The molecule has 1 nitrogen and oxygen atoms in total. The lowest BCUT2D eigenvalue weighted by Gasteiger charge is -1.98. The van der Waals surface area contributed by atoms with Crippen molar-refractivity contribution in [2.75, 3.05) is 13.1 Å². The van der Waals surface area contributed by atoms with Gasteiger partial charge in [0.25, 0.3) is 0 Å². The summed E-state index contributed by atoms with van der Waals surface area (Å²) in [4.78, 5) is 0. The molecule has 9 heavy (non-hydrogen) atoms. The lowest BCUT2D eigenvalue weighted by atomic mass is 10.2. The first kappa shape index (κ1) is 6.81. The molecule has 1 heteroatoms. The van der Waals surface area contributed by atoms with Crippen molar-refractivity contribution in [3.05, 3.63) is 12.2 Å². The summed E-state index contributed by atoms with van der Waals surface area (Å²) in [7, 11) is 0. The van der Waals surface area contributed by atoms with Crippen LogP contribution in [0.1, 0.15) is 25.7 Å². The SMILES string of the molecule is C1=C\CCCNCCC/1. The van der Waals surface area contributed by atoms with E-state index in [1.54, 1.807) is 0 Å². The number of allylic oxidation sites excluding steroid dienone is 2. The van der Waals surface area contributed by atoms with Gasteiger partial charge in [-0.1, -0.05) is 12.2 Å². The molecule has 0 aromatic rings. The summed E-state index contributed by atoms with van der Waals surface area (Å²) in [5.74, 6) is 0. The van der Waals surface area contributed by atoms with Gasteiger partial charge in [0.2, 0.25) is 0 Å². The van der Waals surface area contributed by atoms with Crippen molar-refractivity contribution < 1.29 is 0 Å². The van der Waals surface area contributed by atoms with E-state index in [1.165, 1.54) is 38.8 Å². The zero-order valence-electron chi connectivity index (χ0n) is 5.90. The lowest BCUT2D eigenvalue weighted by molar-refractivity contribution is 0.640. The van der Waals surface area contributed by atoms with Crippen LogP contribution in [-0.2, 0) is 0 Å². The summed E-state index contributed by atoms with van der Waals surface area (Å²) in [6.07, 6.45) is 9.72. The van der Waals surface area contributed by atoms with Gasteiger partial charge in [0, 0.05) is 0 Å². The summed E-state index contributed by atoms with van der Waals surface area (Å²) in [5.41, 5.74) is 0. The first-order valence-electron chi connectivity index (χ1n) is 3.86. The van der Waals surface area contributed by atoms with Gasteiger partial charge < -0.3 is 5.32 Å². The Labute approximate surface area is 57.1 Å². The molecule has 0 aliphatic carbocycles. The topological polar surface area (TPSA) is 12.0 Å². The first-order valence-corrected chi connectivity index (χ1v) is 3.86. The van der Waals surface area contributed by atoms with E-state index in [4.69, 9.17) is 0 Å². The zero-order valence-corrected chi connectivity index (χ0v) is 5.90. The van der Waals surface area contributed by atoms with E-state index in [0.717, 1.165) is 0 Å². The molecule has 0 aromatic heterocycles. The van der Waals surface area contributed by atoms with Crippen LogP contribution >= 0.6 is 0 Å². The van der Waals surface area contributed by atoms with Crippen molar-refractivity contribution in [1.82, 2.24) is 5.32 Å². The number of hydrogen-bond donors (Lipinski definition) is 1. The van der Waals surface area contributed by atoms with Crippen molar-refractivity contribution in [3.63, 3.8) is 0 Å². The van der Waals surface area contributed by atoms with Gasteiger partial charge in [-0.05, 0) is 38.8 Å². The van der Waals surface area contributed by atoms with E-state index in [1.807, 2.05) is 0 Å². The molecule has 0 amide bonds. The fourth-order valence-electron chi connectivity index (χ4n) is 1.05. The summed E-state index contributed by atoms with van der Waals surface area (Å²) < 4.78 is 0. The van der Waals surface area contributed by atoms with Crippen molar-refractivity contribution in [1.29, 1.82) is 0 Å². The lowest BCUT2D eigenvalue weighted by Crippen LogP contribution is -2.15. The highest BCUT2D eigenvalue weighted by molar-refractivity contribution is 4.82. The maximum absolute atomic E-state index is 3.39. The Morgan fingerprint density at radius 3 is 2.00 bits per heavy atom. The van der Waals surface area contributed by atoms with Crippen LogP contribution < -0.4 is 5.32 Å². The van der Waals surface area contributed by atoms with Gasteiger partial charge in [-0.15, -0.1) is 0 Å². The molecule has 52 valence electrons. The highest BCUT2D eigenvalue weighted by Crippen LogP contribution is 1.96. The second-order valence-electron chi connectivity index (χ2n) is 2.51. The molecule has 1 rings (SSSR count). The predicted molar refractivity (Wildman–Crippen MR) is 40.5 cm³/mol. The average Bonchev–Trinajstić information content (AvgIpc) is 2.00. The van der Waals surface area contributed by atoms with Crippen LogP contribution in [-0.4, -0.2) is 13.1 Å². The van der Waals surface area contributed by atoms with Gasteiger partial charge in [0.1, 0.15) is 0 Å². The Morgan fingerprint density at radius 2 is 1.44 bits per heavy atom. The Kier molecular flexibility index (Phi) is 3.46. The van der Waals surface area contributed by atoms with E-state index in [9.17, 15) is 0 Å². The molecule has 0 bridgehead atoms. The standard InChI is InChI=1S/C8H15N/c1-2-4-6-8-9-7-5-3-1/h1-2,9H,3-8H2/b2-1-. The van der Waals surface area contributed by atoms with Gasteiger partial charge in [0.15, 0.2) is 0 Å². The van der Waals surface area contributed by atoms with Crippen molar-refractivity contribution in [2.45, 2.75) is 25.7 Å². The van der Waals surface area contributed by atoms with Crippen LogP contribution in [0.25, 0.3) is 0 Å². The molecule has 0 radical (unpaired) electrons. The van der Waals surface area contributed by atoms with Gasteiger partial charge in [-0.25, -0.2) is 0 Å². The van der Waals surface area contributed by atoms with Crippen LogP contribution in [0.2, 0.25) is 0 Å². The molecule has 0 spiro atoms. The molecule has 0 unspecified atom stereocenters. The molecule has 0 aromatic carbocycles. The van der Waals surface area contributed by atoms with E-state index >= 15 is 0 Å². The molecule has 0 saturated heterocycles. The van der Waals surface area contributed by atoms with Crippen LogP contribution in [0.3, 0.4) is 0 Å². The normalized spacial score (nSPS) is 25.8. The minimum atomic E-state index is 1.20. The number of nitrogens with one attached hydrogen (secondary N) is 1. The van der Waals surface area contributed by atoms with Crippen LogP contribution in [0.5, 0.6) is 0 Å². The highest BCUT2D eigenvalue weighted by Gasteiger charge is 1.89. The second-order valence-corrected chi connectivity index (χ2v) is 2.51. The van der Waals surface area contributed by atoms with Crippen molar-refractivity contribution in [3.8, 4) is 0 Å². The predicted octanol–water partition coefficient (Wildman–Crippen LogP) is 1.71. The van der Waals surface area contributed by atoms with E-state index < -0.39 is 0 Å². The minimum absolute atomic E-state index is 1.20. The molecule has 1 aliphatic rings. The second kappa shape index (κ2) is 4.57. The molecule has 1 N–H and O–H groups in total. The molecular formula is C8H15N. The zero-order chi connectivity index (χ0) is 6.36. The maximum Gasteiger partial charge on any atom is -0.00460 e. The summed E-state index contributed by atoms with van der Waals surface area (Å²) in [6.45, 7) is 2.40. The summed E-state index contributed by atoms with van der Waals surface area (Å²) >= 11 is 0. The van der Waals surface area contributed by atoms with Crippen molar-refractivity contribution >= 4 is 0 Å². The largest absolute Gasteiger partial charge is 0.317 e. The minimum Gasteiger partial charge on any atom is -0.317 e. The maximum atomic E-state index is 3.39. The van der Waals surface area contributed by atoms with Gasteiger partial charge >= 0.3 is 0 Å². The molecule has 1 heterocycles. The van der Waals surface area contributed by atoms with E-state index in [-0.39, 0.29) is 0 Å². The van der Waals surface area contributed by atoms with Gasteiger partial charge in [-0.3, -0.25) is 0 Å². The average molecular weight is 125 g/mol. The highest BCUT2D eigenvalue weighted by atomic mass is 14.8. The van der Waals surface area contributed by atoms with Gasteiger partial charge in [-0.2, -0.15) is 0 Å². The molecule has 1 aliphatic heterocycles. The van der Waals surface area contributed by atoms with Crippen LogP contribution in [0.15, 0.2) is 12.2 Å². The number of rotatable bonds is 0. The third-order valence-corrected chi connectivity index (χ3v) is 1.62. The van der Waals surface area contributed by atoms with E-state index in [0.29, 0.717) is 0 Å². The fourth-order valence-corrected chi connectivity index (χ4v) is 1.05. The Morgan fingerprint density at radius 1 is 0.889 bits per heavy atom. The van der Waals surface area contributed by atoms with E-state index in [2.05, 4.69) is 17.5 Å². The molecule has 0 saturated carbocycles. The van der Waals surface area contributed by atoms with Crippen LogP contribution in [0, 0.1) is 0 Å². The smallest absolute Gasteiger partial charge is 0.00460 e. The van der Waals surface area contributed by atoms with Gasteiger partial charge in [0.05, 0.1) is 0 Å². The van der Waals surface area contributed by atoms with Crippen molar-refractivity contribution in [2.24, 2.45) is 0 Å². The molecule has 0 atom stereocenters. The quantitative estimate of drug-likeness (QED) is 0.486. The monoisotopic (exact) mass is 125 g/mol. The molecule has 0 fully saturated rings. The summed E-state index contributed by atoms with van der Waals surface area (Å²) in [6, 6.07) is 0. The number of hydrogen-bond acceptors (Lipinski definition) is 1. The Hall–Kier alpha value is -0.300. The Bertz CT molecular complexity index is 76.6. The van der Waals surface area contributed by atoms with Crippen LogP contribution in [0.4, 0.5) is 0 Å². The third-order valence-electron chi connectivity index (χ3n) is 1.62. The summed E-state index contributed by atoms with van der Waals surface area (Å²) in [5, 5.41) is 3.39. The Balaban J connectivity index is 2.15. The molecular weight excluding hydrogens is 110 g/mol. The first-order chi connectivity index (χ1) is 4.50. The third kappa shape index (κ3) is 3.31.